The van der Waals surface area contributed by atoms with Crippen LogP contribution >= 0.6 is 0 Å². The zero-order valence-electron chi connectivity index (χ0n) is 13.1. The second-order valence-corrected chi connectivity index (χ2v) is 6.45. The van der Waals surface area contributed by atoms with Crippen LogP contribution < -0.4 is 5.73 Å². The molecule has 21 heavy (non-hydrogen) atoms. The van der Waals surface area contributed by atoms with Gasteiger partial charge in [0.15, 0.2) is 5.58 Å². The summed E-state index contributed by atoms with van der Waals surface area (Å²) in [6, 6.07) is 5.66. The van der Waals surface area contributed by atoms with E-state index in [1.54, 1.807) is 0 Å². The van der Waals surface area contributed by atoms with E-state index < -0.39 is 0 Å². The molecular formula is C16H24N4O. The molecular weight excluding hydrogens is 264 g/mol. The average Bonchev–Trinajstić information content (AvgIpc) is 2.77. The van der Waals surface area contributed by atoms with Crippen molar-refractivity contribution in [1.82, 2.24) is 14.8 Å². The van der Waals surface area contributed by atoms with Crippen LogP contribution in [0.15, 0.2) is 22.6 Å². The summed E-state index contributed by atoms with van der Waals surface area (Å²) in [7, 11) is 6.47. The maximum atomic E-state index is 5.93. The lowest BCUT2D eigenvalue weighted by Crippen LogP contribution is -2.56. The first kappa shape index (κ1) is 14.4. The standard InChI is InChI=1S/C16H24N4O/c1-19(2)16(8-5-9-16)11-20(3)10-14-18-15-12(17)6-4-7-13(15)21-14/h4,6-7H,5,8-11,17H2,1-3H3. The summed E-state index contributed by atoms with van der Waals surface area (Å²) in [4.78, 5) is 9.17. The van der Waals surface area contributed by atoms with Crippen molar-refractivity contribution in [3.05, 3.63) is 24.1 Å². The normalized spacial score (nSPS) is 17.6. The molecule has 5 nitrogen and oxygen atoms in total. The Kier molecular flexibility index (Phi) is 3.63. The summed E-state index contributed by atoms with van der Waals surface area (Å²) in [5.41, 5.74) is 8.46. The monoisotopic (exact) mass is 288 g/mol. The molecule has 1 aliphatic carbocycles. The number of fused-ring (bicyclic) bond motifs is 1. The van der Waals surface area contributed by atoms with E-state index in [4.69, 9.17) is 10.2 Å². The van der Waals surface area contributed by atoms with Gasteiger partial charge in [-0.15, -0.1) is 0 Å². The number of benzene rings is 1. The Morgan fingerprint density at radius 2 is 2.05 bits per heavy atom. The van der Waals surface area contributed by atoms with Crippen molar-refractivity contribution >= 4 is 16.8 Å². The van der Waals surface area contributed by atoms with Gasteiger partial charge in [-0.05, 0) is 52.5 Å². The summed E-state index contributed by atoms with van der Waals surface area (Å²) >= 11 is 0. The van der Waals surface area contributed by atoms with E-state index in [2.05, 4.69) is 35.9 Å². The van der Waals surface area contributed by atoms with Gasteiger partial charge in [0.05, 0.1) is 12.2 Å². The van der Waals surface area contributed by atoms with Gasteiger partial charge < -0.3 is 15.1 Å². The van der Waals surface area contributed by atoms with Gasteiger partial charge in [-0.1, -0.05) is 6.07 Å². The van der Waals surface area contributed by atoms with Crippen molar-refractivity contribution in [2.75, 3.05) is 33.4 Å². The van der Waals surface area contributed by atoms with E-state index in [9.17, 15) is 0 Å². The van der Waals surface area contributed by atoms with Crippen molar-refractivity contribution in [1.29, 1.82) is 0 Å². The minimum absolute atomic E-state index is 0.319. The Morgan fingerprint density at radius 1 is 1.29 bits per heavy atom. The Morgan fingerprint density at radius 3 is 2.62 bits per heavy atom. The summed E-state index contributed by atoms with van der Waals surface area (Å²) < 4.78 is 5.80. The van der Waals surface area contributed by atoms with Crippen molar-refractivity contribution in [2.45, 2.75) is 31.3 Å². The smallest absolute Gasteiger partial charge is 0.209 e. The quantitative estimate of drug-likeness (QED) is 0.856. The molecule has 1 aromatic carbocycles. The summed E-state index contributed by atoms with van der Waals surface area (Å²) in [5, 5.41) is 0. The highest BCUT2D eigenvalue weighted by Crippen LogP contribution is 2.36. The van der Waals surface area contributed by atoms with Gasteiger partial charge in [0.1, 0.15) is 5.52 Å². The third-order valence-corrected chi connectivity index (χ3v) is 4.70. The summed E-state index contributed by atoms with van der Waals surface area (Å²) in [6.07, 6.45) is 3.86. The van der Waals surface area contributed by atoms with Crippen LogP contribution in [0.1, 0.15) is 25.2 Å². The van der Waals surface area contributed by atoms with Gasteiger partial charge in [-0.3, -0.25) is 4.90 Å². The van der Waals surface area contributed by atoms with E-state index in [1.165, 1.54) is 19.3 Å². The Labute approximate surface area is 125 Å². The molecule has 1 fully saturated rings. The molecule has 1 saturated carbocycles. The van der Waals surface area contributed by atoms with Crippen LogP contribution in [0.3, 0.4) is 0 Å². The molecule has 0 unspecified atom stereocenters. The molecule has 0 spiro atoms. The van der Waals surface area contributed by atoms with Crippen LogP contribution in [0.5, 0.6) is 0 Å². The number of para-hydroxylation sites is 1. The van der Waals surface area contributed by atoms with Crippen LogP contribution in [0.2, 0.25) is 0 Å². The van der Waals surface area contributed by atoms with Gasteiger partial charge in [-0.25, -0.2) is 4.98 Å². The number of aromatic nitrogens is 1. The highest BCUT2D eigenvalue weighted by molar-refractivity contribution is 5.85. The molecule has 0 bridgehead atoms. The zero-order chi connectivity index (χ0) is 15.0. The minimum atomic E-state index is 0.319. The molecule has 1 aliphatic rings. The third kappa shape index (κ3) is 2.63. The van der Waals surface area contributed by atoms with E-state index in [0.29, 0.717) is 17.8 Å². The lowest BCUT2D eigenvalue weighted by atomic mass is 9.75. The second kappa shape index (κ2) is 5.31. The first-order valence-electron chi connectivity index (χ1n) is 7.50. The molecule has 1 heterocycles. The van der Waals surface area contributed by atoms with Gasteiger partial charge in [0.2, 0.25) is 5.89 Å². The highest BCUT2D eigenvalue weighted by Gasteiger charge is 2.39. The van der Waals surface area contributed by atoms with Crippen molar-refractivity contribution in [3.8, 4) is 0 Å². The van der Waals surface area contributed by atoms with Crippen molar-refractivity contribution in [3.63, 3.8) is 0 Å². The van der Waals surface area contributed by atoms with Crippen molar-refractivity contribution in [2.24, 2.45) is 0 Å². The number of hydrogen-bond donors (Lipinski definition) is 1. The average molecular weight is 288 g/mol. The van der Waals surface area contributed by atoms with E-state index in [1.807, 2.05) is 18.2 Å². The maximum Gasteiger partial charge on any atom is 0.209 e. The first-order valence-corrected chi connectivity index (χ1v) is 7.50. The van der Waals surface area contributed by atoms with Crippen LogP contribution in [0, 0.1) is 0 Å². The number of nitrogen functional groups attached to an aromatic ring is 1. The summed E-state index contributed by atoms with van der Waals surface area (Å²) in [6.45, 7) is 1.75. The Bertz CT molecular complexity index is 630. The van der Waals surface area contributed by atoms with E-state index >= 15 is 0 Å². The SMILES string of the molecule is CN(Cc1nc2c(N)cccc2o1)CC1(N(C)C)CCC1. The molecule has 0 amide bonds. The number of nitrogens with two attached hydrogens (primary N) is 1. The molecule has 0 aliphatic heterocycles. The number of nitrogens with zero attached hydrogens (tertiary/aromatic N) is 3. The third-order valence-electron chi connectivity index (χ3n) is 4.70. The molecule has 114 valence electrons. The number of rotatable bonds is 5. The van der Waals surface area contributed by atoms with Crippen LogP contribution in [0.25, 0.3) is 11.1 Å². The van der Waals surface area contributed by atoms with Gasteiger partial charge in [0.25, 0.3) is 0 Å². The zero-order valence-corrected chi connectivity index (χ0v) is 13.1. The molecule has 2 aromatic rings. The lowest BCUT2D eigenvalue weighted by Gasteiger charge is -2.49. The topological polar surface area (TPSA) is 58.5 Å². The molecule has 3 rings (SSSR count). The minimum Gasteiger partial charge on any atom is -0.439 e. The number of oxazole rings is 1. The largest absolute Gasteiger partial charge is 0.439 e. The molecule has 0 saturated heterocycles. The fraction of sp³-hybridized carbons (Fsp3) is 0.562. The fourth-order valence-corrected chi connectivity index (χ4v) is 3.20. The Balaban J connectivity index is 1.71. The van der Waals surface area contributed by atoms with Gasteiger partial charge in [0, 0.05) is 12.1 Å². The number of hydrogen-bond acceptors (Lipinski definition) is 5. The van der Waals surface area contributed by atoms with Gasteiger partial charge in [-0.2, -0.15) is 0 Å². The Hall–Kier alpha value is -1.59. The van der Waals surface area contributed by atoms with Crippen LogP contribution in [-0.2, 0) is 6.54 Å². The molecule has 0 radical (unpaired) electrons. The maximum absolute atomic E-state index is 5.93. The van der Waals surface area contributed by atoms with E-state index in [0.717, 1.165) is 23.5 Å². The lowest BCUT2D eigenvalue weighted by molar-refractivity contribution is 0.0241. The van der Waals surface area contributed by atoms with Crippen molar-refractivity contribution < 1.29 is 4.42 Å². The predicted octanol–water partition coefficient (Wildman–Crippen LogP) is 2.33. The van der Waals surface area contributed by atoms with Crippen LogP contribution in [-0.4, -0.2) is 48.0 Å². The predicted molar refractivity (Wildman–Crippen MR) is 85.0 cm³/mol. The summed E-state index contributed by atoms with van der Waals surface area (Å²) in [5.74, 6) is 0.735. The van der Waals surface area contributed by atoms with Crippen LogP contribution in [0.4, 0.5) is 5.69 Å². The molecule has 2 N–H and O–H groups in total. The molecule has 5 heteroatoms. The first-order chi connectivity index (χ1) is 10.00. The fourth-order valence-electron chi connectivity index (χ4n) is 3.20. The molecule has 1 aromatic heterocycles. The number of anilines is 1. The van der Waals surface area contributed by atoms with Gasteiger partial charge >= 0.3 is 0 Å². The van der Waals surface area contributed by atoms with E-state index in [-0.39, 0.29) is 0 Å². The number of likely N-dealkylation sites (N-methyl/N-ethyl adjacent to an activating group) is 2. The molecule has 0 atom stereocenters. The second-order valence-electron chi connectivity index (χ2n) is 6.45. The highest BCUT2D eigenvalue weighted by atomic mass is 16.3.